The van der Waals surface area contributed by atoms with Gasteiger partial charge in [0, 0.05) is 0 Å². The summed E-state index contributed by atoms with van der Waals surface area (Å²) in [6.45, 7) is 2.05. The number of hydrogen-bond acceptors (Lipinski definition) is 5. The van der Waals surface area contributed by atoms with Crippen LogP contribution in [0.2, 0.25) is 0 Å². The third kappa shape index (κ3) is 5.22. The topological polar surface area (TPSA) is 94.2 Å². The number of H-pyrrole nitrogens is 1. The molecule has 0 spiro atoms. The Kier molecular flexibility index (Phi) is 6.62. The van der Waals surface area contributed by atoms with Gasteiger partial charge in [-0.3, -0.25) is 4.79 Å². The Bertz CT molecular complexity index is 1220. The van der Waals surface area contributed by atoms with Crippen molar-refractivity contribution in [1.82, 2.24) is 15.6 Å². The van der Waals surface area contributed by atoms with Gasteiger partial charge in [0.25, 0.3) is 11.7 Å². The first-order valence-electron chi connectivity index (χ1n) is 9.97. The molecule has 3 N–H and O–H groups in total. The van der Waals surface area contributed by atoms with Crippen LogP contribution in [0.5, 0.6) is 5.75 Å². The van der Waals surface area contributed by atoms with Gasteiger partial charge >= 0.3 is 5.16 Å². The molecule has 0 aliphatic rings. The van der Waals surface area contributed by atoms with E-state index in [1.54, 1.807) is 24.3 Å². The minimum Gasteiger partial charge on any atom is -0.508 e. The van der Waals surface area contributed by atoms with Crippen molar-refractivity contribution in [2.75, 3.05) is 5.75 Å². The highest BCUT2D eigenvalue weighted by Gasteiger charge is 2.24. The van der Waals surface area contributed by atoms with Crippen LogP contribution in [0.4, 0.5) is 0 Å². The number of phenolic OH excluding ortho intramolecular Hbond substituents is 1. The lowest BCUT2D eigenvalue weighted by molar-refractivity contribution is -0.625. The minimum atomic E-state index is -0.246. The second-order valence-corrected chi connectivity index (χ2v) is 8.01. The molecule has 0 aliphatic carbocycles. The number of carbonyl (C=O) groups excluding carboxylic acids is 1. The first-order chi connectivity index (χ1) is 15.6. The predicted molar refractivity (Wildman–Crippen MR) is 125 cm³/mol. The Morgan fingerprint density at radius 2 is 1.81 bits per heavy atom. The van der Waals surface area contributed by atoms with E-state index in [-0.39, 0.29) is 17.4 Å². The summed E-state index contributed by atoms with van der Waals surface area (Å²) in [6.07, 6.45) is 1.52. The molecule has 0 radical (unpaired) electrons. The van der Waals surface area contributed by atoms with Crippen LogP contribution in [0.25, 0.3) is 17.1 Å². The van der Waals surface area contributed by atoms with Crippen molar-refractivity contribution >= 4 is 23.9 Å². The standard InChI is InChI=1S/C24H21N5O2S/c1-17-7-11-19(12-8-17)23-27-28-24(29(23)20-5-3-2-4-6-20)32-16-22(31)26-25-15-18-9-13-21(30)14-10-18/h2-15H,16H2,1H3,(H2,25,26,30,31)/p+1. The minimum absolute atomic E-state index is 0.151. The second-order valence-electron chi connectivity index (χ2n) is 7.07. The van der Waals surface area contributed by atoms with Crippen molar-refractivity contribution < 1.29 is 14.5 Å². The van der Waals surface area contributed by atoms with E-state index in [4.69, 9.17) is 0 Å². The molecule has 1 amide bonds. The molecule has 0 bridgehead atoms. The maximum absolute atomic E-state index is 12.3. The first-order valence-corrected chi connectivity index (χ1v) is 11.0. The van der Waals surface area contributed by atoms with Crippen LogP contribution < -0.4 is 9.99 Å². The lowest BCUT2D eigenvalue weighted by atomic mass is 10.1. The molecular weight excluding hydrogens is 422 g/mol. The van der Waals surface area contributed by atoms with Gasteiger partial charge in [-0.05, 0) is 72.8 Å². The highest BCUT2D eigenvalue weighted by molar-refractivity contribution is 7.99. The Balaban J connectivity index is 1.49. The van der Waals surface area contributed by atoms with E-state index in [2.05, 4.69) is 32.9 Å². The molecular formula is C24H22N5O2S+. The second kappa shape index (κ2) is 9.93. The summed E-state index contributed by atoms with van der Waals surface area (Å²) >= 11 is 1.32. The number of carbonyl (C=O) groups is 1. The Morgan fingerprint density at radius 1 is 1.09 bits per heavy atom. The average Bonchev–Trinajstić information content (AvgIpc) is 3.24. The van der Waals surface area contributed by atoms with E-state index in [1.807, 2.05) is 54.0 Å². The van der Waals surface area contributed by atoms with E-state index < -0.39 is 0 Å². The molecule has 8 heteroatoms. The van der Waals surface area contributed by atoms with Gasteiger partial charge in [-0.15, -0.1) is 5.10 Å². The summed E-state index contributed by atoms with van der Waals surface area (Å²) in [5.74, 6) is 0.921. The van der Waals surface area contributed by atoms with E-state index in [0.29, 0.717) is 5.16 Å². The number of hydrazone groups is 1. The van der Waals surface area contributed by atoms with Crippen molar-refractivity contribution in [3.63, 3.8) is 0 Å². The predicted octanol–water partition coefficient (Wildman–Crippen LogP) is 3.61. The van der Waals surface area contributed by atoms with Crippen molar-refractivity contribution in [2.24, 2.45) is 5.10 Å². The molecule has 0 unspecified atom stereocenters. The number of aromatic hydroxyl groups is 1. The zero-order chi connectivity index (χ0) is 22.3. The van der Waals surface area contributed by atoms with Crippen LogP contribution >= 0.6 is 11.8 Å². The van der Waals surface area contributed by atoms with Crippen LogP contribution in [0.1, 0.15) is 11.1 Å². The summed E-state index contributed by atoms with van der Waals surface area (Å²) in [5, 5.41) is 21.5. The normalized spacial score (nSPS) is 11.0. The van der Waals surface area contributed by atoms with Crippen molar-refractivity contribution in [2.45, 2.75) is 12.1 Å². The van der Waals surface area contributed by atoms with Gasteiger partial charge in [0.05, 0.1) is 22.6 Å². The number of para-hydroxylation sites is 1. The summed E-state index contributed by atoms with van der Waals surface area (Å²) in [6, 6.07) is 24.6. The third-order valence-corrected chi connectivity index (χ3v) is 5.58. The summed E-state index contributed by atoms with van der Waals surface area (Å²) in [5.41, 5.74) is 6.42. The third-order valence-electron chi connectivity index (χ3n) is 4.64. The Hall–Kier alpha value is -3.91. The van der Waals surface area contributed by atoms with Crippen LogP contribution in [0, 0.1) is 6.92 Å². The van der Waals surface area contributed by atoms with E-state index in [1.165, 1.54) is 23.5 Å². The van der Waals surface area contributed by atoms with Crippen molar-refractivity contribution in [1.29, 1.82) is 0 Å². The largest absolute Gasteiger partial charge is 0.508 e. The first kappa shape index (κ1) is 21.3. The number of nitrogens with zero attached hydrogens (tertiary/aromatic N) is 3. The number of amides is 1. The molecule has 4 rings (SSSR count). The number of aromatic amines is 1. The maximum Gasteiger partial charge on any atom is 0.342 e. The molecule has 4 aromatic rings. The fourth-order valence-electron chi connectivity index (χ4n) is 3.02. The molecule has 1 aromatic heterocycles. The fraction of sp³-hybridized carbons (Fsp3) is 0.0833. The SMILES string of the molecule is Cc1ccc(-c2[nH]nc(SCC(=O)NN=Cc3ccc(O)cc3)[n+]2-c2ccccc2)cc1. The van der Waals surface area contributed by atoms with E-state index in [0.717, 1.165) is 22.6 Å². The molecule has 0 saturated carbocycles. The van der Waals surface area contributed by atoms with Crippen LogP contribution in [0.3, 0.4) is 0 Å². The molecule has 0 atom stereocenters. The Labute approximate surface area is 189 Å². The number of aromatic nitrogens is 3. The van der Waals surface area contributed by atoms with Gasteiger partial charge in [-0.1, -0.05) is 35.9 Å². The van der Waals surface area contributed by atoms with Gasteiger partial charge in [-0.25, -0.2) is 5.43 Å². The zero-order valence-corrected chi connectivity index (χ0v) is 18.2. The highest BCUT2D eigenvalue weighted by atomic mass is 32.2. The number of benzene rings is 3. The molecule has 0 aliphatic heterocycles. The van der Waals surface area contributed by atoms with E-state index >= 15 is 0 Å². The number of nitrogens with one attached hydrogen (secondary N) is 2. The fourth-order valence-corrected chi connectivity index (χ4v) is 3.78. The van der Waals surface area contributed by atoms with Gasteiger partial charge in [0.2, 0.25) is 0 Å². The number of rotatable bonds is 7. The quantitative estimate of drug-likeness (QED) is 0.176. The molecule has 32 heavy (non-hydrogen) atoms. The monoisotopic (exact) mass is 444 g/mol. The van der Waals surface area contributed by atoms with E-state index in [9.17, 15) is 9.90 Å². The lowest BCUT2D eigenvalue weighted by Crippen LogP contribution is -2.34. The molecule has 160 valence electrons. The van der Waals surface area contributed by atoms with Crippen LogP contribution in [-0.4, -0.2) is 33.2 Å². The smallest absolute Gasteiger partial charge is 0.342 e. The highest BCUT2D eigenvalue weighted by Crippen LogP contribution is 2.20. The average molecular weight is 445 g/mol. The number of thioether (sulfide) groups is 1. The van der Waals surface area contributed by atoms with Gasteiger partial charge in [-0.2, -0.15) is 9.67 Å². The van der Waals surface area contributed by atoms with Gasteiger partial charge in [0.1, 0.15) is 11.4 Å². The molecule has 1 heterocycles. The van der Waals surface area contributed by atoms with Crippen molar-refractivity contribution in [3.05, 3.63) is 90.0 Å². The van der Waals surface area contributed by atoms with Crippen LogP contribution in [-0.2, 0) is 4.79 Å². The molecule has 0 saturated heterocycles. The van der Waals surface area contributed by atoms with Gasteiger partial charge < -0.3 is 5.11 Å². The summed E-state index contributed by atoms with van der Waals surface area (Å²) in [7, 11) is 0. The molecule has 7 nitrogen and oxygen atoms in total. The number of phenols is 1. The number of aryl methyl sites for hydroxylation is 1. The number of hydrogen-bond donors (Lipinski definition) is 3. The maximum atomic E-state index is 12.3. The zero-order valence-electron chi connectivity index (χ0n) is 17.4. The van der Waals surface area contributed by atoms with Gasteiger partial charge in [0.15, 0.2) is 0 Å². The van der Waals surface area contributed by atoms with Crippen molar-refractivity contribution in [3.8, 4) is 22.8 Å². The molecule has 0 fully saturated rings. The Morgan fingerprint density at radius 3 is 2.53 bits per heavy atom. The summed E-state index contributed by atoms with van der Waals surface area (Å²) in [4.78, 5) is 12.3. The lowest BCUT2D eigenvalue weighted by Gasteiger charge is -2.04. The van der Waals surface area contributed by atoms with Crippen LogP contribution in [0.15, 0.2) is 89.1 Å². The summed E-state index contributed by atoms with van der Waals surface area (Å²) < 4.78 is 2.00. The molecule has 3 aromatic carbocycles.